The van der Waals surface area contributed by atoms with Crippen LogP contribution in [-0.2, 0) is 5.41 Å². The van der Waals surface area contributed by atoms with Gasteiger partial charge in [-0.1, -0.05) is 32.1 Å². The van der Waals surface area contributed by atoms with Crippen LogP contribution in [0.15, 0.2) is 0 Å². The van der Waals surface area contributed by atoms with Crippen LogP contribution in [0.25, 0.3) is 0 Å². The predicted octanol–water partition coefficient (Wildman–Crippen LogP) is -1.58. The van der Waals surface area contributed by atoms with Crippen molar-refractivity contribution in [3.63, 3.8) is 0 Å². The molecule has 5 heteroatoms. The molecule has 0 bridgehead atoms. The fourth-order valence-electron chi connectivity index (χ4n) is 0.538. The molecule has 0 aliphatic heterocycles. The van der Waals surface area contributed by atoms with E-state index < -0.39 is 0 Å². The van der Waals surface area contributed by atoms with Crippen molar-refractivity contribution in [1.29, 1.82) is 0 Å². The summed E-state index contributed by atoms with van der Waals surface area (Å²) >= 11 is 1.45. The monoisotopic (exact) mass is 192 g/mol. The van der Waals surface area contributed by atoms with E-state index in [4.69, 9.17) is 5.73 Å². The summed E-state index contributed by atoms with van der Waals surface area (Å²) in [5.41, 5.74) is 5.50. The Bertz CT molecular complexity index is 228. The fraction of sp³-hybridized carbons (Fsp3) is 0.667. The van der Waals surface area contributed by atoms with Crippen molar-refractivity contribution in [2.75, 3.05) is 5.73 Å². The van der Waals surface area contributed by atoms with Crippen molar-refractivity contribution < 1.29 is 12.4 Å². The molecule has 1 aromatic rings. The van der Waals surface area contributed by atoms with E-state index >= 15 is 0 Å². The summed E-state index contributed by atoms with van der Waals surface area (Å²) in [4.78, 5) is 0. The van der Waals surface area contributed by atoms with E-state index in [9.17, 15) is 0 Å². The first kappa shape index (κ1) is 10.7. The Morgan fingerprint density at radius 3 is 2.00 bits per heavy atom. The van der Waals surface area contributed by atoms with Crippen molar-refractivity contribution in [3.8, 4) is 0 Å². The molecule has 0 aliphatic rings. The molecule has 0 saturated carbocycles. The highest BCUT2D eigenvalue weighted by atomic mass is 35.5. The second kappa shape index (κ2) is 3.36. The van der Waals surface area contributed by atoms with Crippen molar-refractivity contribution in [1.82, 2.24) is 10.2 Å². The average Bonchev–Trinajstić information content (AvgIpc) is 2.11. The van der Waals surface area contributed by atoms with Gasteiger partial charge in [0.1, 0.15) is 5.01 Å². The van der Waals surface area contributed by atoms with E-state index in [2.05, 4.69) is 31.0 Å². The lowest BCUT2D eigenvalue weighted by Crippen LogP contribution is -3.00. The highest BCUT2D eigenvalue weighted by molar-refractivity contribution is 7.15. The molecule has 1 heterocycles. The summed E-state index contributed by atoms with van der Waals surface area (Å²) in [6.07, 6.45) is 0. The Morgan fingerprint density at radius 2 is 1.82 bits per heavy atom. The molecule has 0 spiro atoms. The predicted molar refractivity (Wildman–Crippen MR) is 43.0 cm³/mol. The first-order valence-electron chi connectivity index (χ1n) is 3.09. The zero-order valence-electron chi connectivity index (χ0n) is 6.76. The standard InChI is InChI=1S/C6H11N3S.ClH/c1-6(2,3)4-8-9-5(7)10-4;/h1-3H3,(H2,7,9);1H/p-1. The lowest BCUT2D eigenvalue weighted by atomic mass is 9.98. The SMILES string of the molecule is CC(C)(C)c1nnc(N)s1.[Cl-]. The first-order valence-corrected chi connectivity index (χ1v) is 3.91. The third kappa shape index (κ3) is 2.63. The van der Waals surface area contributed by atoms with E-state index in [1.54, 1.807) is 0 Å². The Kier molecular flexibility index (Phi) is 3.26. The number of nitrogen functional groups attached to an aromatic ring is 1. The van der Waals surface area contributed by atoms with Crippen LogP contribution in [0.4, 0.5) is 5.13 Å². The van der Waals surface area contributed by atoms with Gasteiger partial charge < -0.3 is 18.1 Å². The Labute approximate surface area is 76.4 Å². The van der Waals surface area contributed by atoms with E-state index in [0.717, 1.165) is 5.01 Å². The van der Waals surface area contributed by atoms with Gasteiger partial charge in [0, 0.05) is 5.41 Å². The van der Waals surface area contributed by atoms with E-state index in [1.807, 2.05) is 0 Å². The highest BCUT2D eigenvalue weighted by Crippen LogP contribution is 2.25. The molecule has 0 aromatic carbocycles. The van der Waals surface area contributed by atoms with Crippen LogP contribution in [0.1, 0.15) is 25.8 Å². The van der Waals surface area contributed by atoms with E-state index in [1.165, 1.54) is 11.3 Å². The molecule has 64 valence electrons. The topological polar surface area (TPSA) is 51.8 Å². The molecule has 0 radical (unpaired) electrons. The number of rotatable bonds is 0. The van der Waals surface area contributed by atoms with Crippen LogP contribution in [0.3, 0.4) is 0 Å². The van der Waals surface area contributed by atoms with Crippen LogP contribution in [0.2, 0.25) is 0 Å². The van der Waals surface area contributed by atoms with Crippen molar-refractivity contribution in [2.24, 2.45) is 0 Å². The van der Waals surface area contributed by atoms with Gasteiger partial charge in [-0.3, -0.25) is 0 Å². The van der Waals surface area contributed by atoms with Crippen LogP contribution < -0.4 is 18.1 Å². The van der Waals surface area contributed by atoms with Gasteiger partial charge in [-0.25, -0.2) is 0 Å². The minimum absolute atomic E-state index is 0. The van der Waals surface area contributed by atoms with Crippen molar-refractivity contribution in [3.05, 3.63) is 5.01 Å². The van der Waals surface area contributed by atoms with Gasteiger partial charge in [0.05, 0.1) is 0 Å². The first-order chi connectivity index (χ1) is 4.50. The van der Waals surface area contributed by atoms with Crippen LogP contribution in [-0.4, -0.2) is 10.2 Å². The Hall–Kier alpha value is -0.350. The molecule has 0 aliphatic carbocycles. The summed E-state index contributed by atoms with van der Waals surface area (Å²) < 4.78 is 0. The molecular formula is C6H11ClN3S-. The summed E-state index contributed by atoms with van der Waals surface area (Å²) in [6, 6.07) is 0. The number of hydrogen-bond donors (Lipinski definition) is 1. The minimum atomic E-state index is 0. The molecule has 0 fully saturated rings. The molecule has 0 atom stereocenters. The van der Waals surface area contributed by atoms with Gasteiger partial charge in [-0.2, -0.15) is 0 Å². The number of anilines is 1. The van der Waals surface area contributed by atoms with Crippen LogP contribution in [0, 0.1) is 0 Å². The maximum atomic E-state index is 5.42. The smallest absolute Gasteiger partial charge is 0.203 e. The molecule has 0 amide bonds. The maximum Gasteiger partial charge on any atom is 0.203 e. The summed E-state index contributed by atoms with van der Waals surface area (Å²) in [6.45, 7) is 6.27. The van der Waals surface area contributed by atoms with Crippen LogP contribution >= 0.6 is 11.3 Å². The summed E-state index contributed by atoms with van der Waals surface area (Å²) in [7, 11) is 0. The maximum absolute atomic E-state index is 5.42. The minimum Gasteiger partial charge on any atom is -1.00 e. The quantitative estimate of drug-likeness (QED) is 0.540. The molecule has 3 nitrogen and oxygen atoms in total. The van der Waals surface area contributed by atoms with Crippen LogP contribution in [0.5, 0.6) is 0 Å². The second-order valence-corrected chi connectivity index (χ2v) is 4.20. The molecule has 0 unspecified atom stereocenters. The van der Waals surface area contributed by atoms with Crippen molar-refractivity contribution >= 4 is 16.5 Å². The number of nitrogens with two attached hydrogens (primary N) is 1. The van der Waals surface area contributed by atoms with Gasteiger partial charge >= 0.3 is 0 Å². The zero-order chi connectivity index (χ0) is 7.78. The lowest BCUT2D eigenvalue weighted by Gasteiger charge is -2.11. The summed E-state index contributed by atoms with van der Waals surface area (Å²) in [5, 5.41) is 9.20. The zero-order valence-corrected chi connectivity index (χ0v) is 8.33. The number of nitrogens with zero attached hydrogens (tertiary/aromatic N) is 2. The normalized spacial score (nSPS) is 10.8. The second-order valence-electron chi connectivity index (χ2n) is 3.20. The molecular weight excluding hydrogens is 182 g/mol. The molecule has 1 rings (SSSR count). The molecule has 11 heavy (non-hydrogen) atoms. The average molecular weight is 193 g/mol. The number of halogens is 1. The van der Waals surface area contributed by atoms with Gasteiger partial charge in [0.25, 0.3) is 0 Å². The lowest BCUT2D eigenvalue weighted by molar-refractivity contribution is -0.00000265. The van der Waals surface area contributed by atoms with Gasteiger partial charge in [0.15, 0.2) is 0 Å². The van der Waals surface area contributed by atoms with Crippen molar-refractivity contribution in [2.45, 2.75) is 26.2 Å². The third-order valence-corrected chi connectivity index (χ3v) is 2.26. The van der Waals surface area contributed by atoms with E-state index in [-0.39, 0.29) is 17.8 Å². The third-order valence-electron chi connectivity index (χ3n) is 1.08. The molecule has 2 N–H and O–H groups in total. The number of hydrogen-bond acceptors (Lipinski definition) is 4. The highest BCUT2D eigenvalue weighted by Gasteiger charge is 2.18. The summed E-state index contributed by atoms with van der Waals surface area (Å²) in [5.74, 6) is 0. The molecule has 1 aromatic heterocycles. The van der Waals surface area contributed by atoms with Gasteiger partial charge in [-0.15, -0.1) is 10.2 Å². The van der Waals surface area contributed by atoms with Gasteiger partial charge in [-0.05, 0) is 0 Å². The Balaban J connectivity index is 0.000001000. The van der Waals surface area contributed by atoms with E-state index in [0.29, 0.717) is 5.13 Å². The van der Waals surface area contributed by atoms with Gasteiger partial charge in [0.2, 0.25) is 5.13 Å². The Morgan fingerprint density at radius 1 is 1.27 bits per heavy atom. The number of aromatic nitrogens is 2. The fourth-order valence-corrected chi connectivity index (χ4v) is 1.21. The molecule has 0 saturated heterocycles. The largest absolute Gasteiger partial charge is 1.00 e.